The third kappa shape index (κ3) is 4.01. The maximum absolute atomic E-state index is 12.9. The third-order valence-corrected chi connectivity index (χ3v) is 4.33. The molecule has 1 aromatic heterocycles. The van der Waals surface area contributed by atoms with Crippen LogP contribution in [0.25, 0.3) is 0 Å². The SMILES string of the molecule is O=C(Nc1ccn(CC(F)(F)F)n1)C1(c2ccccc2)CCOCC1. The van der Waals surface area contributed by atoms with Crippen LogP contribution in [0, 0.1) is 0 Å². The number of aromatic nitrogens is 2. The van der Waals surface area contributed by atoms with Crippen LogP contribution in [-0.4, -0.2) is 35.1 Å². The lowest BCUT2D eigenvalue weighted by molar-refractivity contribution is -0.142. The van der Waals surface area contributed by atoms with E-state index < -0.39 is 18.1 Å². The molecule has 0 unspecified atom stereocenters. The van der Waals surface area contributed by atoms with Gasteiger partial charge in [-0.05, 0) is 18.4 Å². The Morgan fingerprint density at radius 2 is 1.88 bits per heavy atom. The molecular formula is C17H18F3N3O2. The highest BCUT2D eigenvalue weighted by Crippen LogP contribution is 2.36. The Bertz CT molecular complexity index is 722. The van der Waals surface area contributed by atoms with Crippen molar-refractivity contribution in [2.45, 2.75) is 31.0 Å². The number of carbonyl (C=O) groups is 1. The average molecular weight is 353 g/mol. The molecule has 1 amide bonds. The van der Waals surface area contributed by atoms with Gasteiger partial charge in [0, 0.05) is 25.5 Å². The van der Waals surface area contributed by atoms with Gasteiger partial charge in [0.25, 0.3) is 0 Å². The molecule has 2 aromatic rings. The van der Waals surface area contributed by atoms with Crippen LogP contribution in [0.2, 0.25) is 0 Å². The van der Waals surface area contributed by atoms with Crippen molar-refractivity contribution in [3.8, 4) is 0 Å². The normalized spacial score (nSPS) is 17.2. The van der Waals surface area contributed by atoms with Crippen LogP contribution in [0.3, 0.4) is 0 Å². The lowest BCUT2D eigenvalue weighted by Crippen LogP contribution is -2.44. The summed E-state index contributed by atoms with van der Waals surface area (Å²) in [5.74, 6) is -0.171. The smallest absolute Gasteiger partial charge is 0.381 e. The zero-order valence-corrected chi connectivity index (χ0v) is 13.4. The largest absolute Gasteiger partial charge is 0.408 e. The van der Waals surface area contributed by atoms with Crippen LogP contribution < -0.4 is 5.32 Å². The number of alkyl halides is 3. The summed E-state index contributed by atoms with van der Waals surface area (Å²) in [5, 5.41) is 6.45. The van der Waals surface area contributed by atoms with E-state index in [1.54, 1.807) is 0 Å². The molecule has 0 radical (unpaired) electrons. The van der Waals surface area contributed by atoms with Gasteiger partial charge in [-0.3, -0.25) is 9.48 Å². The van der Waals surface area contributed by atoms with Gasteiger partial charge in [0.2, 0.25) is 5.91 Å². The van der Waals surface area contributed by atoms with Crippen LogP contribution in [0.4, 0.5) is 19.0 Å². The van der Waals surface area contributed by atoms with E-state index in [1.165, 1.54) is 12.3 Å². The van der Waals surface area contributed by atoms with E-state index in [9.17, 15) is 18.0 Å². The van der Waals surface area contributed by atoms with Gasteiger partial charge in [-0.25, -0.2) is 0 Å². The third-order valence-electron chi connectivity index (χ3n) is 4.33. The first-order valence-electron chi connectivity index (χ1n) is 7.94. The molecule has 25 heavy (non-hydrogen) atoms. The molecule has 134 valence electrons. The quantitative estimate of drug-likeness (QED) is 0.919. The highest BCUT2D eigenvalue weighted by Gasteiger charge is 2.42. The molecule has 3 rings (SSSR count). The molecule has 0 bridgehead atoms. The van der Waals surface area contributed by atoms with Gasteiger partial charge in [-0.2, -0.15) is 18.3 Å². The number of nitrogens with zero attached hydrogens (tertiary/aromatic N) is 2. The Morgan fingerprint density at radius 1 is 1.20 bits per heavy atom. The molecule has 0 saturated carbocycles. The Labute approximate surface area is 142 Å². The number of rotatable bonds is 4. The monoisotopic (exact) mass is 353 g/mol. The lowest BCUT2D eigenvalue weighted by atomic mass is 9.73. The Hall–Kier alpha value is -2.35. The van der Waals surface area contributed by atoms with E-state index in [4.69, 9.17) is 4.74 Å². The van der Waals surface area contributed by atoms with Crippen LogP contribution in [0.5, 0.6) is 0 Å². The number of nitrogens with one attached hydrogen (secondary N) is 1. The average Bonchev–Trinajstić information content (AvgIpc) is 3.01. The molecule has 1 aliphatic heterocycles. The predicted molar refractivity (Wildman–Crippen MR) is 85.1 cm³/mol. The molecule has 0 atom stereocenters. The second-order valence-corrected chi connectivity index (χ2v) is 6.03. The fourth-order valence-corrected chi connectivity index (χ4v) is 3.06. The van der Waals surface area contributed by atoms with Crippen molar-refractivity contribution in [2.75, 3.05) is 18.5 Å². The van der Waals surface area contributed by atoms with Crippen molar-refractivity contribution in [2.24, 2.45) is 0 Å². The number of benzene rings is 1. The highest BCUT2D eigenvalue weighted by atomic mass is 19.4. The van der Waals surface area contributed by atoms with Gasteiger partial charge in [-0.15, -0.1) is 0 Å². The van der Waals surface area contributed by atoms with E-state index in [0.29, 0.717) is 26.1 Å². The van der Waals surface area contributed by atoms with Gasteiger partial charge in [0.05, 0.1) is 5.41 Å². The second kappa shape index (κ2) is 6.87. The molecule has 0 aliphatic carbocycles. The summed E-state index contributed by atoms with van der Waals surface area (Å²) < 4.78 is 43.4. The number of hydrogen-bond donors (Lipinski definition) is 1. The molecule has 0 spiro atoms. The van der Waals surface area contributed by atoms with E-state index in [1.807, 2.05) is 30.3 Å². The van der Waals surface area contributed by atoms with Crippen molar-refractivity contribution in [3.63, 3.8) is 0 Å². The number of carbonyl (C=O) groups excluding carboxylic acids is 1. The second-order valence-electron chi connectivity index (χ2n) is 6.03. The topological polar surface area (TPSA) is 56.2 Å². The number of ether oxygens (including phenoxy) is 1. The highest BCUT2D eigenvalue weighted by molar-refractivity contribution is 5.98. The minimum atomic E-state index is -4.36. The zero-order valence-electron chi connectivity index (χ0n) is 13.4. The Balaban J connectivity index is 1.80. The maximum atomic E-state index is 12.9. The number of anilines is 1. The van der Waals surface area contributed by atoms with Crippen LogP contribution in [-0.2, 0) is 21.5 Å². The van der Waals surface area contributed by atoms with E-state index in [0.717, 1.165) is 10.2 Å². The van der Waals surface area contributed by atoms with E-state index in [-0.39, 0.29) is 11.7 Å². The minimum absolute atomic E-state index is 0.107. The summed E-state index contributed by atoms with van der Waals surface area (Å²) in [7, 11) is 0. The summed E-state index contributed by atoms with van der Waals surface area (Å²) in [4.78, 5) is 12.9. The first kappa shape index (κ1) is 17.5. The fraction of sp³-hybridized carbons (Fsp3) is 0.412. The summed E-state index contributed by atoms with van der Waals surface area (Å²) in [6, 6.07) is 10.7. The van der Waals surface area contributed by atoms with Crippen LogP contribution in [0.15, 0.2) is 42.6 Å². The molecule has 1 aromatic carbocycles. The first-order valence-corrected chi connectivity index (χ1v) is 7.94. The predicted octanol–water partition coefficient (Wildman–Crippen LogP) is 3.13. The van der Waals surface area contributed by atoms with Gasteiger partial charge in [0.15, 0.2) is 5.82 Å². The first-order chi connectivity index (χ1) is 11.9. The molecular weight excluding hydrogens is 335 g/mol. The van der Waals surface area contributed by atoms with E-state index in [2.05, 4.69) is 10.4 Å². The van der Waals surface area contributed by atoms with Crippen LogP contribution >= 0.6 is 0 Å². The van der Waals surface area contributed by atoms with E-state index >= 15 is 0 Å². The minimum Gasteiger partial charge on any atom is -0.381 e. The Kier molecular flexibility index (Phi) is 4.80. The molecule has 1 saturated heterocycles. The standard InChI is InChI=1S/C17H18F3N3O2/c18-17(19,20)12-23-9-6-14(22-23)21-15(24)16(7-10-25-11-8-16)13-4-2-1-3-5-13/h1-6,9H,7-8,10-12H2,(H,21,22,24). The molecule has 2 heterocycles. The zero-order chi connectivity index (χ0) is 17.9. The van der Waals surface area contributed by atoms with Crippen molar-refractivity contribution >= 4 is 11.7 Å². The van der Waals surface area contributed by atoms with Gasteiger partial charge in [-0.1, -0.05) is 30.3 Å². The number of hydrogen-bond acceptors (Lipinski definition) is 3. The number of halogens is 3. The summed E-state index contributed by atoms with van der Waals surface area (Å²) in [5.41, 5.74) is 0.0957. The van der Waals surface area contributed by atoms with Crippen molar-refractivity contribution in [3.05, 3.63) is 48.2 Å². The van der Waals surface area contributed by atoms with Crippen LogP contribution in [0.1, 0.15) is 18.4 Å². The van der Waals surface area contributed by atoms with Crippen molar-refractivity contribution in [1.29, 1.82) is 0 Å². The summed E-state index contributed by atoms with van der Waals surface area (Å²) in [6.45, 7) is -0.295. The molecule has 1 N–H and O–H groups in total. The molecule has 8 heteroatoms. The number of amides is 1. The van der Waals surface area contributed by atoms with Crippen molar-refractivity contribution in [1.82, 2.24) is 9.78 Å². The summed E-state index contributed by atoms with van der Waals surface area (Å²) in [6.07, 6.45) is -2.15. The molecule has 1 fully saturated rings. The fourth-order valence-electron chi connectivity index (χ4n) is 3.06. The molecule has 1 aliphatic rings. The maximum Gasteiger partial charge on any atom is 0.408 e. The van der Waals surface area contributed by atoms with Gasteiger partial charge >= 0.3 is 6.18 Å². The lowest BCUT2D eigenvalue weighted by Gasteiger charge is -2.36. The summed E-state index contributed by atoms with van der Waals surface area (Å²) >= 11 is 0. The Morgan fingerprint density at radius 3 is 2.52 bits per heavy atom. The van der Waals surface area contributed by atoms with Gasteiger partial charge in [0.1, 0.15) is 6.54 Å². The molecule has 5 nitrogen and oxygen atoms in total. The van der Waals surface area contributed by atoms with Gasteiger partial charge < -0.3 is 10.1 Å². The van der Waals surface area contributed by atoms with Crippen molar-refractivity contribution < 1.29 is 22.7 Å².